The number of methoxy groups -OCH3 is 1. The second-order valence-corrected chi connectivity index (χ2v) is 3.92. The maximum absolute atomic E-state index is 11.4. The summed E-state index contributed by atoms with van der Waals surface area (Å²) in [5.74, 6) is -0.516. The molecule has 0 atom stereocenters. The van der Waals surface area contributed by atoms with Gasteiger partial charge in [-0.1, -0.05) is 0 Å². The van der Waals surface area contributed by atoms with E-state index in [0.717, 1.165) is 3.57 Å². The fourth-order valence-corrected chi connectivity index (χ4v) is 1.53. The molecule has 0 radical (unpaired) electrons. The van der Waals surface area contributed by atoms with E-state index in [0.29, 0.717) is 5.69 Å². The molecular formula is C9H9IN2O3. The highest BCUT2D eigenvalue weighted by Gasteiger charge is 2.13. The number of hydrogen-bond donors (Lipinski definition) is 2. The highest BCUT2D eigenvalue weighted by Crippen LogP contribution is 2.19. The van der Waals surface area contributed by atoms with Crippen LogP contribution in [0, 0.1) is 3.57 Å². The first-order valence-corrected chi connectivity index (χ1v) is 5.07. The van der Waals surface area contributed by atoms with Crippen LogP contribution < -0.4 is 11.1 Å². The van der Waals surface area contributed by atoms with Crippen molar-refractivity contribution in [3.63, 3.8) is 0 Å². The van der Waals surface area contributed by atoms with Crippen molar-refractivity contribution < 1.29 is 14.3 Å². The third-order valence-corrected chi connectivity index (χ3v) is 2.32. The topological polar surface area (TPSA) is 81.4 Å². The molecule has 0 aliphatic carbocycles. The van der Waals surface area contributed by atoms with E-state index in [1.807, 2.05) is 0 Å². The van der Waals surface area contributed by atoms with Crippen molar-refractivity contribution in [1.82, 2.24) is 0 Å². The smallest absolute Gasteiger partial charge is 0.340 e. The minimum absolute atomic E-state index is 0.281. The summed E-state index contributed by atoms with van der Waals surface area (Å²) in [6, 6.07) is 4.23. The number of nitrogens with two attached hydrogens (primary N) is 1. The van der Waals surface area contributed by atoms with Crippen LogP contribution in [-0.4, -0.2) is 19.1 Å². The maximum atomic E-state index is 11.4. The van der Waals surface area contributed by atoms with Gasteiger partial charge in [0.05, 0.1) is 18.4 Å². The number of hydrogen-bond acceptors (Lipinski definition) is 3. The van der Waals surface area contributed by atoms with Gasteiger partial charge in [0, 0.05) is 3.57 Å². The second-order valence-electron chi connectivity index (χ2n) is 2.67. The van der Waals surface area contributed by atoms with E-state index in [1.54, 1.807) is 18.2 Å². The summed E-state index contributed by atoms with van der Waals surface area (Å²) >= 11 is 2.05. The Labute approximate surface area is 100 Å². The molecule has 0 heterocycles. The lowest BCUT2D eigenvalue weighted by Gasteiger charge is -2.08. The fourth-order valence-electron chi connectivity index (χ4n) is 1.04. The van der Waals surface area contributed by atoms with Gasteiger partial charge in [-0.3, -0.25) is 0 Å². The number of urea groups is 1. The number of esters is 1. The van der Waals surface area contributed by atoms with E-state index in [9.17, 15) is 9.59 Å². The van der Waals surface area contributed by atoms with Crippen LogP contribution >= 0.6 is 22.6 Å². The lowest BCUT2D eigenvalue weighted by Crippen LogP contribution is -2.21. The van der Waals surface area contributed by atoms with Crippen molar-refractivity contribution in [2.45, 2.75) is 0 Å². The molecule has 2 amide bonds. The van der Waals surface area contributed by atoms with Gasteiger partial charge in [0.1, 0.15) is 0 Å². The number of carbonyl (C=O) groups excluding carboxylic acids is 2. The Bertz CT molecular complexity index is 406. The first-order valence-electron chi connectivity index (χ1n) is 3.99. The molecule has 1 aromatic carbocycles. The molecular weight excluding hydrogens is 311 g/mol. The molecule has 15 heavy (non-hydrogen) atoms. The summed E-state index contributed by atoms with van der Waals surface area (Å²) < 4.78 is 5.44. The number of nitrogens with one attached hydrogen (secondary N) is 1. The van der Waals surface area contributed by atoms with Crippen LogP contribution in [0.25, 0.3) is 0 Å². The Kier molecular flexibility index (Phi) is 3.89. The number of halogens is 1. The highest BCUT2D eigenvalue weighted by atomic mass is 127. The first-order chi connectivity index (χ1) is 7.04. The molecule has 0 aromatic heterocycles. The Morgan fingerprint density at radius 3 is 2.67 bits per heavy atom. The van der Waals surface area contributed by atoms with Gasteiger partial charge in [0.2, 0.25) is 0 Å². The van der Waals surface area contributed by atoms with Gasteiger partial charge in [0.15, 0.2) is 0 Å². The molecule has 5 nitrogen and oxygen atoms in total. The van der Waals surface area contributed by atoms with E-state index in [4.69, 9.17) is 5.73 Å². The van der Waals surface area contributed by atoms with Crippen LogP contribution in [0.1, 0.15) is 10.4 Å². The normalized spacial score (nSPS) is 9.47. The Hall–Kier alpha value is -1.31. The van der Waals surface area contributed by atoms with Crippen LogP contribution in [0.3, 0.4) is 0 Å². The summed E-state index contributed by atoms with van der Waals surface area (Å²) in [5.41, 5.74) is 5.59. The molecule has 0 bridgehead atoms. The molecule has 6 heteroatoms. The third-order valence-electron chi connectivity index (χ3n) is 1.64. The van der Waals surface area contributed by atoms with Gasteiger partial charge in [0.25, 0.3) is 0 Å². The van der Waals surface area contributed by atoms with E-state index in [2.05, 4.69) is 32.6 Å². The number of amides is 2. The molecule has 0 fully saturated rings. The van der Waals surface area contributed by atoms with Gasteiger partial charge < -0.3 is 15.8 Å². The zero-order valence-corrected chi connectivity index (χ0v) is 10.1. The molecule has 0 saturated carbocycles. The standard InChI is InChI=1S/C9H9IN2O3/c1-15-8(13)6-4-5(10)2-3-7(6)12-9(11)14/h2-4H,1H3,(H3,11,12,14). The van der Waals surface area contributed by atoms with E-state index >= 15 is 0 Å². The third kappa shape index (κ3) is 3.08. The summed E-state index contributed by atoms with van der Waals surface area (Å²) in [6.07, 6.45) is 0. The van der Waals surface area contributed by atoms with Crippen LogP contribution in [0.15, 0.2) is 18.2 Å². The van der Waals surface area contributed by atoms with Gasteiger partial charge in [-0.2, -0.15) is 0 Å². The Balaban J connectivity index is 3.14. The van der Waals surface area contributed by atoms with Crippen molar-refractivity contribution in [2.75, 3.05) is 12.4 Å². The lowest BCUT2D eigenvalue weighted by molar-refractivity contribution is 0.0602. The number of primary amides is 1. The van der Waals surface area contributed by atoms with Gasteiger partial charge in [-0.15, -0.1) is 0 Å². The SMILES string of the molecule is COC(=O)c1cc(I)ccc1NC(N)=O. The number of anilines is 1. The van der Waals surface area contributed by atoms with Crippen LogP contribution in [0.5, 0.6) is 0 Å². The number of rotatable bonds is 2. The van der Waals surface area contributed by atoms with Crippen molar-refractivity contribution in [2.24, 2.45) is 5.73 Å². The van der Waals surface area contributed by atoms with Crippen molar-refractivity contribution in [3.05, 3.63) is 27.3 Å². The highest BCUT2D eigenvalue weighted by molar-refractivity contribution is 14.1. The van der Waals surface area contributed by atoms with E-state index < -0.39 is 12.0 Å². The number of ether oxygens (including phenoxy) is 1. The number of benzene rings is 1. The molecule has 0 aliphatic heterocycles. The zero-order chi connectivity index (χ0) is 11.4. The van der Waals surface area contributed by atoms with Crippen molar-refractivity contribution in [3.8, 4) is 0 Å². The average Bonchev–Trinajstić information content (AvgIpc) is 2.19. The maximum Gasteiger partial charge on any atom is 0.340 e. The van der Waals surface area contributed by atoms with E-state index in [1.165, 1.54) is 7.11 Å². The van der Waals surface area contributed by atoms with Crippen LogP contribution in [0.4, 0.5) is 10.5 Å². The van der Waals surface area contributed by atoms with Crippen LogP contribution in [-0.2, 0) is 4.74 Å². The Morgan fingerprint density at radius 1 is 1.47 bits per heavy atom. The predicted octanol–water partition coefficient (Wildman–Crippen LogP) is 1.57. The molecule has 0 unspecified atom stereocenters. The Morgan fingerprint density at radius 2 is 2.13 bits per heavy atom. The molecule has 80 valence electrons. The number of carbonyl (C=O) groups is 2. The minimum Gasteiger partial charge on any atom is -0.465 e. The molecule has 1 aromatic rings. The first kappa shape index (κ1) is 11.8. The zero-order valence-electron chi connectivity index (χ0n) is 7.91. The van der Waals surface area contributed by atoms with Gasteiger partial charge >= 0.3 is 12.0 Å². The van der Waals surface area contributed by atoms with Crippen LogP contribution in [0.2, 0.25) is 0 Å². The summed E-state index contributed by atoms with van der Waals surface area (Å²) in [5, 5.41) is 2.35. The molecule has 3 N–H and O–H groups in total. The monoisotopic (exact) mass is 320 g/mol. The fraction of sp³-hybridized carbons (Fsp3) is 0.111. The van der Waals surface area contributed by atoms with Gasteiger partial charge in [-0.25, -0.2) is 9.59 Å². The summed E-state index contributed by atoms with van der Waals surface area (Å²) in [4.78, 5) is 22.0. The molecule has 0 saturated heterocycles. The molecule has 1 rings (SSSR count). The summed E-state index contributed by atoms with van der Waals surface area (Å²) in [7, 11) is 1.27. The lowest BCUT2D eigenvalue weighted by atomic mass is 10.2. The van der Waals surface area contributed by atoms with Gasteiger partial charge in [-0.05, 0) is 40.8 Å². The molecule has 0 aliphatic rings. The van der Waals surface area contributed by atoms with Crippen molar-refractivity contribution in [1.29, 1.82) is 0 Å². The summed E-state index contributed by atoms with van der Waals surface area (Å²) in [6.45, 7) is 0. The van der Waals surface area contributed by atoms with E-state index in [-0.39, 0.29) is 5.56 Å². The predicted molar refractivity (Wildman–Crippen MR) is 63.7 cm³/mol. The van der Waals surface area contributed by atoms with Crippen molar-refractivity contribution >= 4 is 40.3 Å². The minimum atomic E-state index is -0.721. The average molecular weight is 320 g/mol. The largest absolute Gasteiger partial charge is 0.465 e. The quantitative estimate of drug-likeness (QED) is 0.641. The molecule has 0 spiro atoms. The second kappa shape index (κ2) is 4.96.